The minimum Gasteiger partial charge on any atom is -0.359 e. The topological polar surface area (TPSA) is 28.7 Å². The smallest absolute Gasteiger partial charge is 0.165 e. The first-order valence-corrected chi connectivity index (χ1v) is 3.57. The molecule has 0 unspecified atom stereocenters. The number of rotatable bonds is 1. The van der Waals surface area contributed by atoms with Gasteiger partial charge in [0.25, 0.3) is 0 Å². The molecule has 0 saturated carbocycles. The van der Waals surface area contributed by atoms with Crippen LogP contribution in [0.5, 0.6) is 0 Å². The van der Waals surface area contributed by atoms with Crippen molar-refractivity contribution in [1.29, 1.82) is 0 Å². The normalized spacial score (nSPS) is 10.4. The maximum Gasteiger partial charge on any atom is 0.165 e. The minimum absolute atomic E-state index is 0.333. The molecule has 0 atom stereocenters. The van der Waals surface area contributed by atoms with Gasteiger partial charge < -0.3 is 4.98 Å². The predicted molar refractivity (Wildman–Crippen MR) is 46.1 cm³/mol. The molecule has 0 aromatic carbocycles. The van der Waals surface area contributed by atoms with E-state index >= 15 is 0 Å². The van der Waals surface area contributed by atoms with Gasteiger partial charge in [0, 0.05) is 11.6 Å². The van der Waals surface area contributed by atoms with Crippen LogP contribution in [0.3, 0.4) is 0 Å². The van der Waals surface area contributed by atoms with Gasteiger partial charge >= 0.3 is 0 Å². The fraction of sp³-hybridized carbons (Fsp3) is 0. The third kappa shape index (κ3) is 0.830. The highest BCUT2D eigenvalue weighted by Gasteiger charge is 2.04. The number of fused-ring (bicyclic) bond motifs is 1. The van der Waals surface area contributed by atoms with E-state index in [9.17, 15) is 4.39 Å². The number of aromatic nitrogens is 2. The second kappa shape index (κ2) is 2.44. The number of aromatic amines is 1. The third-order valence-corrected chi connectivity index (χ3v) is 1.77. The molecule has 2 aromatic rings. The van der Waals surface area contributed by atoms with Crippen LogP contribution in [0.2, 0.25) is 0 Å². The SMILES string of the molecule is C=Cc1ncc(F)c2[nH]ccc12. The maximum atomic E-state index is 13.0. The van der Waals surface area contributed by atoms with Crippen LogP contribution < -0.4 is 0 Å². The summed E-state index contributed by atoms with van der Waals surface area (Å²) in [5, 5.41) is 0.769. The Morgan fingerprint density at radius 2 is 2.42 bits per heavy atom. The molecule has 60 valence electrons. The Kier molecular flexibility index (Phi) is 1.43. The number of H-pyrrole nitrogens is 1. The fourth-order valence-electron chi connectivity index (χ4n) is 1.20. The number of halogens is 1. The summed E-state index contributed by atoms with van der Waals surface area (Å²) < 4.78 is 13.0. The average Bonchev–Trinajstić information content (AvgIpc) is 2.54. The Morgan fingerprint density at radius 3 is 3.17 bits per heavy atom. The Labute approximate surface area is 68.7 Å². The van der Waals surface area contributed by atoms with Gasteiger partial charge in [0.2, 0.25) is 0 Å². The van der Waals surface area contributed by atoms with Gasteiger partial charge in [0.1, 0.15) is 0 Å². The van der Waals surface area contributed by atoms with Crippen molar-refractivity contribution in [3.63, 3.8) is 0 Å². The number of hydrogen-bond acceptors (Lipinski definition) is 1. The molecule has 2 rings (SSSR count). The largest absolute Gasteiger partial charge is 0.359 e. The lowest BCUT2D eigenvalue weighted by molar-refractivity contribution is 0.631. The number of nitrogens with one attached hydrogen (secondary N) is 1. The summed E-state index contributed by atoms with van der Waals surface area (Å²) in [6, 6.07) is 1.78. The standard InChI is InChI=1S/C9H7FN2/c1-2-8-6-3-4-11-9(6)7(10)5-12-8/h2-5,11H,1H2. The molecule has 12 heavy (non-hydrogen) atoms. The van der Waals surface area contributed by atoms with Crippen LogP contribution in [0.1, 0.15) is 5.69 Å². The van der Waals surface area contributed by atoms with Crippen LogP contribution in [0.25, 0.3) is 17.0 Å². The fourth-order valence-corrected chi connectivity index (χ4v) is 1.20. The summed E-state index contributed by atoms with van der Waals surface area (Å²) in [6.45, 7) is 3.59. The van der Waals surface area contributed by atoms with Crippen molar-refractivity contribution in [2.45, 2.75) is 0 Å². The van der Waals surface area contributed by atoms with Gasteiger partial charge in [-0.05, 0) is 12.1 Å². The van der Waals surface area contributed by atoms with Crippen LogP contribution in [-0.2, 0) is 0 Å². The molecule has 0 aliphatic carbocycles. The van der Waals surface area contributed by atoms with E-state index in [0.717, 1.165) is 5.39 Å². The van der Waals surface area contributed by atoms with E-state index in [-0.39, 0.29) is 5.82 Å². The van der Waals surface area contributed by atoms with E-state index < -0.39 is 0 Å². The Morgan fingerprint density at radius 1 is 1.58 bits per heavy atom. The zero-order valence-electron chi connectivity index (χ0n) is 6.34. The van der Waals surface area contributed by atoms with Crippen LogP contribution in [0.4, 0.5) is 4.39 Å². The van der Waals surface area contributed by atoms with Crippen LogP contribution in [0.15, 0.2) is 25.0 Å². The van der Waals surface area contributed by atoms with Crippen LogP contribution >= 0.6 is 0 Å². The average molecular weight is 162 g/mol. The van der Waals surface area contributed by atoms with Crippen molar-refractivity contribution < 1.29 is 4.39 Å². The molecule has 2 heterocycles. The molecule has 0 aliphatic rings. The highest BCUT2D eigenvalue weighted by atomic mass is 19.1. The molecular formula is C9H7FN2. The van der Waals surface area contributed by atoms with Gasteiger partial charge in [0.05, 0.1) is 17.4 Å². The summed E-state index contributed by atoms with van der Waals surface area (Å²) in [4.78, 5) is 6.68. The zero-order valence-corrected chi connectivity index (χ0v) is 6.34. The lowest BCUT2D eigenvalue weighted by atomic mass is 10.2. The van der Waals surface area contributed by atoms with Crippen molar-refractivity contribution in [3.8, 4) is 0 Å². The van der Waals surface area contributed by atoms with Crippen molar-refractivity contribution in [1.82, 2.24) is 9.97 Å². The molecular weight excluding hydrogens is 155 g/mol. The van der Waals surface area contributed by atoms with E-state index in [1.54, 1.807) is 18.3 Å². The number of nitrogens with zero attached hydrogens (tertiary/aromatic N) is 1. The minimum atomic E-state index is -0.333. The van der Waals surface area contributed by atoms with Gasteiger partial charge in [0.15, 0.2) is 5.82 Å². The van der Waals surface area contributed by atoms with Crippen molar-refractivity contribution in [2.24, 2.45) is 0 Å². The quantitative estimate of drug-likeness (QED) is 0.685. The van der Waals surface area contributed by atoms with Gasteiger partial charge in [-0.2, -0.15) is 0 Å². The lowest BCUT2D eigenvalue weighted by Crippen LogP contribution is -1.85. The van der Waals surface area contributed by atoms with Crippen molar-refractivity contribution >= 4 is 17.0 Å². The molecule has 2 nitrogen and oxygen atoms in total. The Balaban J connectivity index is 2.91. The number of pyridine rings is 1. The second-order valence-corrected chi connectivity index (χ2v) is 2.46. The molecule has 0 aliphatic heterocycles. The zero-order chi connectivity index (χ0) is 8.55. The Bertz CT molecular complexity index is 431. The van der Waals surface area contributed by atoms with E-state index in [1.807, 2.05) is 0 Å². The van der Waals surface area contributed by atoms with E-state index in [2.05, 4.69) is 16.5 Å². The van der Waals surface area contributed by atoms with E-state index in [0.29, 0.717) is 11.2 Å². The lowest BCUT2D eigenvalue weighted by Gasteiger charge is -1.95. The molecule has 0 bridgehead atoms. The van der Waals surface area contributed by atoms with Crippen LogP contribution in [-0.4, -0.2) is 9.97 Å². The molecule has 0 fully saturated rings. The molecule has 0 spiro atoms. The summed E-state index contributed by atoms with van der Waals surface area (Å²) in [6.07, 6.45) is 4.48. The second-order valence-electron chi connectivity index (χ2n) is 2.46. The van der Waals surface area contributed by atoms with E-state index in [1.165, 1.54) is 6.20 Å². The van der Waals surface area contributed by atoms with Gasteiger partial charge in [-0.3, -0.25) is 4.98 Å². The molecule has 1 N–H and O–H groups in total. The molecule has 2 aromatic heterocycles. The van der Waals surface area contributed by atoms with Gasteiger partial charge in [-0.15, -0.1) is 0 Å². The van der Waals surface area contributed by atoms with Crippen molar-refractivity contribution in [3.05, 3.63) is 36.6 Å². The monoisotopic (exact) mass is 162 g/mol. The summed E-state index contributed by atoms with van der Waals surface area (Å²) in [7, 11) is 0. The van der Waals surface area contributed by atoms with Gasteiger partial charge in [-0.1, -0.05) is 6.58 Å². The van der Waals surface area contributed by atoms with Crippen molar-refractivity contribution in [2.75, 3.05) is 0 Å². The first kappa shape index (κ1) is 7.03. The third-order valence-electron chi connectivity index (χ3n) is 1.77. The van der Waals surface area contributed by atoms with E-state index in [4.69, 9.17) is 0 Å². The molecule has 0 saturated heterocycles. The number of hydrogen-bond donors (Lipinski definition) is 1. The predicted octanol–water partition coefficient (Wildman–Crippen LogP) is 2.34. The van der Waals surface area contributed by atoms with Crippen LogP contribution in [0, 0.1) is 5.82 Å². The first-order valence-electron chi connectivity index (χ1n) is 3.57. The van der Waals surface area contributed by atoms with Gasteiger partial charge in [-0.25, -0.2) is 4.39 Å². The summed E-state index contributed by atoms with van der Waals surface area (Å²) >= 11 is 0. The maximum absolute atomic E-state index is 13.0. The Hall–Kier alpha value is -1.64. The molecule has 0 radical (unpaired) electrons. The highest BCUT2D eigenvalue weighted by Crippen LogP contribution is 2.18. The molecule has 3 heteroatoms. The highest BCUT2D eigenvalue weighted by molar-refractivity contribution is 5.86. The molecule has 0 amide bonds. The summed E-state index contributed by atoms with van der Waals surface area (Å²) in [5.74, 6) is -0.333. The summed E-state index contributed by atoms with van der Waals surface area (Å²) in [5.41, 5.74) is 1.19. The first-order chi connectivity index (χ1) is 5.83.